The van der Waals surface area contributed by atoms with Crippen LogP contribution in [0.5, 0.6) is 0 Å². The Morgan fingerprint density at radius 1 is 0.630 bits per heavy atom. The molecule has 4 aromatic carbocycles. The maximum absolute atomic E-state index is 10.9. The average molecular weight is 649 g/mol. The zero-order valence-electron chi connectivity index (χ0n) is 27.6. The predicted molar refractivity (Wildman–Crippen MR) is 198 cm³/mol. The summed E-state index contributed by atoms with van der Waals surface area (Å²) in [5.41, 5.74) is 9.06. The van der Waals surface area contributed by atoms with Crippen molar-refractivity contribution in [2.24, 2.45) is 0 Å². The Hall–Kier alpha value is -3.68. The maximum atomic E-state index is 10.9. The molecule has 238 valence electrons. The van der Waals surface area contributed by atoms with Crippen molar-refractivity contribution >= 4 is 44.2 Å². The quantitative estimate of drug-likeness (QED) is 0.161. The van der Waals surface area contributed by atoms with E-state index in [-0.39, 0.29) is 0 Å². The van der Waals surface area contributed by atoms with Crippen LogP contribution in [0.25, 0.3) is 21.8 Å². The van der Waals surface area contributed by atoms with E-state index in [0.717, 1.165) is 51.0 Å². The van der Waals surface area contributed by atoms with E-state index >= 15 is 0 Å². The number of hydrogen-bond acceptors (Lipinski definition) is 5. The first-order chi connectivity index (χ1) is 22.1. The largest absolute Gasteiger partial charge is 0.293 e. The Morgan fingerprint density at radius 2 is 1.13 bits per heavy atom. The van der Waals surface area contributed by atoms with Crippen molar-refractivity contribution in [2.75, 3.05) is 0 Å². The third kappa shape index (κ3) is 7.31. The first-order valence-electron chi connectivity index (χ1n) is 16.0. The topological polar surface area (TPSA) is 66.2 Å². The zero-order chi connectivity index (χ0) is 32.8. The minimum Gasteiger partial charge on any atom is -0.293 e. The van der Waals surface area contributed by atoms with Crippen LogP contribution in [0, 0.1) is 13.8 Å². The van der Waals surface area contributed by atoms with Crippen LogP contribution in [0.15, 0.2) is 119 Å². The predicted octanol–water partition coefficient (Wildman–Crippen LogP) is 11.9. The molecule has 2 atom stereocenters. The summed E-state index contributed by atoms with van der Waals surface area (Å²) in [5.74, 6) is 0. The molecule has 0 amide bonds. The standard InChI is InChI=1S/C20H23NO2S.C20H21NS/c1-4-16-11-8-12-18-14(2)13-19(21-20(16)18)24(22,23)15(3)17-9-6-5-7-10-17;1-4-16-11-8-12-18-14(2)13-19(21-20(16)18)22-15(3)17-9-6-5-7-10-17/h5-13,15,22-23H,4H2,1-3H3;5-13,15H,4H2,1-3H3. The fourth-order valence-corrected chi connectivity index (χ4v) is 8.27. The van der Waals surface area contributed by atoms with Gasteiger partial charge in [0.25, 0.3) is 0 Å². The molecule has 0 fully saturated rings. The summed E-state index contributed by atoms with van der Waals surface area (Å²) in [5, 5.41) is 3.83. The van der Waals surface area contributed by atoms with Crippen molar-refractivity contribution in [3.63, 3.8) is 0 Å². The number of nitrogens with zero attached hydrogens (tertiary/aromatic N) is 2. The van der Waals surface area contributed by atoms with E-state index in [1.807, 2.05) is 80.2 Å². The van der Waals surface area contributed by atoms with Gasteiger partial charge in [-0.25, -0.2) is 9.97 Å². The minimum absolute atomic E-state index is 0.379. The molecule has 0 saturated heterocycles. The summed E-state index contributed by atoms with van der Waals surface area (Å²) in [6, 6.07) is 36.8. The van der Waals surface area contributed by atoms with Gasteiger partial charge in [-0.05, 0) is 86.1 Å². The third-order valence-corrected chi connectivity index (χ3v) is 11.8. The lowest BCUT2D eigenvalue weighted by Crippen LogP contribution is -2.10. The molecule has 0 bridgehead atoms. The number of fused-ring (bicyclic) bond motifs is 2. The van der Waals surface area contributed by atoms with Crippen LogP contribution in [0.2, 0.25) is 0 Å². The Kier molecular flexibility index (Phi) is 10.9. The van der Waals surface area contributed by atoms with Crippen molar-refractivity contribution in [1.29, 1.82) is 0 Å². The van der Waals surface area contributed by atoms with Crippen molar-refractivity contribution in [3.8, 4) is 0 Å². The molecular formula is C40H44N2O2S2. The summed E-state index contributed by atoms with van der Waals surface area (Å²) >= 11 is 1.83. The summed E-state index contributed by atoms with van der Waals surface area (Å²) < 4.78 is 21.9. The molecule has 0 aliphatic rings. The Morgan fingerprint density at radius 3 is 1.67 bits per heavy atom. The number of rotatable bonds is 8. The van der Waals surface area contributed by atoms with Crippen molar-refractivity contribution < 1.29 is 9.11 Å². The highest BCUT2D eigenvalue weighted by atomic mass is 32.3. The molecule has 0 aliphatic carbocycles. The van der Waals surface area contributed by atoms with E-state index in [4.69, 9.17) is 4.98 Å². The molecule has 2 heterocycles. The number of pyridine rings is 2. The molecule has 2 N–H and O–H groups in total. The Balaban J connectivity index is 0.000000182. The monoisotopic (exact) mass is 648 g/mol. The molecule has 6 rings (SSSR count). The Labute approximate surface area is 279 Å². The summed E-state index contributed by atoms with van der Waals surface area (Å²) in [7, 11) is -3.04. The van der Waals surface area contributed by atoms with Gasteiger partial charge in [0.2, 0.25) is 0 Å². The van der Waals surface area contributed by atoms with Gasteiger partial charge in [-0.15, -0.1) is 10.6 Å². The zero-order valence-corrected chi connectivity index (χ0v) is 29.2. The van der Waals surface area contributed by atoms with E-state index in [1.54, 1.807) is 0 Å². The second-order valence-electron chi connectivity index (χ2n) is 11.7. The van der Waals surface area contributed by atoms with Crippen LogP contribution < -0.4 is 0 Å². The van der Waals surface area contributed by atoms with Gasteiger partial charge in [-0.1, -0.05) is 123 Å². The van der Waals surface area contributed by atoms with Gasteiger partial charge >= 0.3 is 0 Å². The van der Waals surface area contributed by atoms with E-state index in [9.17, 15) is 9.11 Å². The van der Waals surface area contributed by atoms with E-state index in [2.05, 4.69) is 87.3 Å². The van der Waals surface area contributed by atoms with Gasteiger partial charge in [-0.2, -0.15) is 0 Å². The van der Waals surface area contributed by atoms with Gasteiger partial charge in [0.1, 0.15) is 5.03 Å². The average Bonchev–Trinajstić information content (AvgIpc) is 3.08. The molecule has 6 heteroatoms. The van der Waals surface area contributed by atoms with Gasteiger partial charge in [-0.3, -0.25) is 9.11 Å². The Bertz CT molecular complexity index is 1930. The van der Waals surface area contributed by atoms with Gasteiger partial charge in [0.15, 0.2) is 0 Å². The molecule has 2 unspecified atom stereocenters. The number of aromatic nitrogens is 2. The summed E-state index contributed by atoms with van der Waals surface area (Å²) in [6.07, 6.45) is 1.88. The van der Waals surface area contributed by atoms with Gasteiger partial charge in [0, 0.05) is 16.0 Å². The smallest absolute Gasteiger partial charge is 0.148 e. The highest BCUT2D eigenvalue weighted by Gasteiger charge is 2.27. The molecule has 0 saturated carbocycles. The summed E-state index contributed by atoms with van der Waals surface area (Å²) in [6.45, 7) is 12.5. The van der Waals surface area contributed by atoms with Crippen LogP contribution >= 0.6 is 22.4 Å². The van der Waals surface area contributed by atoms with Crippen LogP contribution in [0.3, 0.4) is 0 Å². The molecule has 0 spiro atoms. The fraction of sp³-hybridized carbons (Fsp3) is 0.250. The van der Waals surface area contributed by atoms with Crippen molar-refractivity contribution in [1.82, 2.24) is 9.97 Å². The number of aryl methyl sites for hydroxylation is 4. The van der Waals surface area contributed by atoms with Crippen molar-refractivity contribution in [2.45, 2.75) is 74.9 Å². The number of hydrogen-bond donors (Lipinski definition) is 2. The highest BCUT2D eigenvalue weighted by molar-refractivity contribution is 8.24. The van der Waals surface area contributed by atoms with Crippen LogP contribution in [0.4, 0.5) is 0 Å². The lowest BCUT2D eigenvalue weighted by atomic mass is 10.0. The third-order valence-electron chi connectivity index (χ3n) is 8.61. The van der Waals surface area contributed by atoms with Crippen LogP contribution in [-0.4, -0.2) is 19.1 Å². The normalized spacial score (nSPS) is 13.2. The number of benzene rings is 4. The first kappa shape index (κ1) is 33.7. The highest BCUT2D eigenvalue weighted by Crippen LogP contribution is 2.59. The van der Waals surface area contributed by atoms with E-state index in [0.29, 0.717) is 10.3 Å². The lowest BCUT2D eigenvalue weighted by Gasteiger charge is -2.38. The maximum Gasteiger partial charge on any atom is 0.148 e. The van der Waals surface area contributed by atoms with Crippen LogP contribution in [0.1, 0.15) is 71.6 Å². The molecule has 6 aromatic rings. The minimum atomic E-state index is -3.04. The SMILES string of the molecule is CCc1cccc2c(C)cc(S(O)(O)C(C)c3ccccc3)nc12.CCc1cccc2c(C)cc(SC(C)c3ccccc3)nc12. The second-order valence-corrected chi connectivity index (χ2v) is 15.4. The van der Waals surface area contributed by atoms with Crippen LogP contribution in [-0.2, 0) is 12.8 Å². The molecule has 0 radical (unpaired) electrons. The lowest BCUT2D eigenvalue weighted by molar-refractivity contribution is 0.471. The molecule has 2 aromatic heterocycles. The molecular weight excluding hydrogens is 605 g/mol. The second kappa shape index (κ2) is 14.8. The number of thioether (sulfide) groups is 1. The molecule has 4 nitrogen and oxygen atoms in total. The molecule has 0 aliphatic heterocycles. The van der Waals surface area contributed by atoms with Gasteiger partial charge < -0.3 is 0 Å². The van der Waals surface area contributed by atoms with E-state index in [1.165, 1.54) is 22.1 Å². The van der Waals surface area contributed by atoms with Crippen molar-refractivity contribution in [3.05, 3.63) is 143 Å². The summed E-state index contributed by atoms with van der Waals surface area (Å²) in [4.78, 5) is 9.60. The fourth-order valence-electron chi connectivity index (χ4n) is 5.75. The van der Waals surface area contributed by atoms with E-state index < -0.39 is 15.8 Å². The first-order valence-corrected chi connectivity index (χ1v) is 18.4. The van der Waals surface area contributed by atoms with Gasteiger partial charge in [0.05, 0.1) is 21.3 Å². The molecule has 46 heavy (non-hydrogen) atoms. The number of para-hydroxylation sites is 2.